The lowest BCUT2D eigenvalue weighted by molar-refractivity contribution is -0.137. The lowest BCUT2D eigenvalue weighted by atomic mass is 9.84. The molecule has 1 aromatic heterocycles. The zero-order valence-electron chi connectivity index (χ0n) is 21.9. The highest BCUT2D eigenvalue weighted by molar-refractivity contribution is 7.91. The highest BCUT2D eigenvalue weighted by Crippen LogP contribution is 2.32. The number of sulfonamides is 1. The second-order valence-corrected chi connectivity index (χ2v) is 13.8. The van der Waals surface area contributed by atoms with E-state index in [1.165, 1.54) is 11.4 Å². The number of hydrogen-bond acceptors (Lipinski definition) is 6. The molecule has 0 spiro atoms. The van der Waals surface area contributed by atoms with Crippen LogP contribution in [0.4, 0.5) is 4.79 Å². The lowest BCUT2D eigenvalue weighted by Gasteiger charge is -2.33. The van der Waals surface area contributed by atoms with Crippen molar-refractivity contribution in [2.24, 2.45) is 11.8 Å². The smallest absolute Gasteiger partial charge is 0.315 e. The summed E-state index contributed by atoms with van der Waals surface area (Å²) in [5, 5.41) is 10.3. The predicted molar refractivity (Wildman–Crippen MR) is 146 cm³/mol. The van der Waals surface area contributed by atoms with Gasteiger partial charge in [0.25, 0.3) is 10.0 Å². The summed E-state index contributed by atoms with van der Waals surface area (Å²) in [5.74, 6) is -0.00606. The highest BCUT2D eigenvalue weighted by atomic mass is 32.2. The van der Waals surface area contributed by atoms with Gasteiger partial charge in [0.2, 0.25) is 11.8 Å². The minimum absolute atomic E-state index is 0.0972. The Balaban J connectivity index is 1.31. The van der Waals surface area contributed by atoms with E-state index in [4.69, 9.17) is 0 Å². The number of nitrogens with one attached hydrogen (secondary N) is 3. The molecule has 3 fully saturated rings. The first-order valence-corrected chi connectivity index (χ1v) is 15.8. The largest absolute Gasteiger partial charge is 0.351 e. The number of carbonyl (C=O) groups is 3. The maximum absolute atomic E-state index is 13.0. The second kappa shape index (κ2) is 12.6. The van der Waals surface area contributed by atoms with Crippen LogP contribution in [0.5, 0.6) is 0 Å². The summed E-state index contributed by atoms with van der Waals surface area (Å²) < 4.78 is 27.5. The van der Waals surface area contributed by atoms with Crippen LogP contribution in [0, 0.1) is 11.8 Å². The number of urea groups is 1. The highest BCUT2D eigenvalue weighted by Gasteiger charge is 2.40. The Bertz CT molecular complexity index is 1100. The van der Waals surface area contributed by atoms with Crippen LogP contribution in [0.2, 0.25) is 0 Å². The van der Waals surface area contributed by atoms with Crippen molar-refractivity contribution in [3.8, 4) is 0 Å². The van der Waals surface area contributed by atoms with Crippen LogP contribution in [0.3, 0.4) is 0 Å². The zero-order valence-corrected chi connectivity index (χ0v) is 23.6. The van der Waals surface area contributed by atoms with E-state index in [1.807, 2.05) is 6.08 Å². The van der Waals surface area contributed by atoms with Crippen molar-refractivity contribution >= 4 is 39.2 Å². The first-order chi connectivity index (χ1) is 18.2. The van der Waals surface area contributed by atoms with Crippen molar-refractivity contribution in [2.75, 3.05) is 26.7 Å². The number of rotatable bonds is 11. The third-order valence-corrected chi connectivity index (χ3v) is 11.1. The number of likely N-dealkylation sites (N-methyl/N-ethyl adjacent to an activating group) is 1. The summed E-state index contributed by atoms with van der Waals surface area (Å²) >= 11 is 1.16. The predicted octanol–water partition coefficient (Wildman–Crippen LogP) is 2.30. The number of carbonyl (C=O) groups excluding carboxylic acids is 3. The third-order valence-electron chi connectivity index (χ3n) is 7.89. The van der Waals surface area contributed by atoms with E-state index in [9.17, 15) is 22.8 Å². The molecule has 2 saturated carbocycles. The van der Waals surface area contributed by atoms with Gasteiger partial charge in [-0.2, -0.15) is 4.31 Å². The third kappa shape index (κ3) is 6.95. The summed E-state index contributed by atoms with van der Waals surface area (Å²) in [6.45, 7) is 4.15. The Morgan fingerprint density at radius 3 is 2.63 bits per heavy atom. The molecule has 4 atom stereocenters. The van der Waals surface area contributed by atoms with Crippen molar-refractivity contribution in [3.05, 3.63) is 30.2 Å². The lowest BCUT2D eigenvalue weighted by Crippen LogP contribution is -2.54. The van der Waals surface area contributed by atoms with Gasteiger partial charge in [-0.1, -0.05) is 31.4 Å². The van der Waals surface area contributed by atoms with Gasteiger partial charge in [-0.05, 0) is 55.4 Å². The van der Waals surface area contributed by atoms with Crippen LogP contribution in [0.15, 0.2) is 34.4 Å². The van der Waals surface area contributed by atoms with Crippen LogP contribution in [0.25, 0.3) is 0 Å². The van der Waals surface area contributed by atoms with Gasteiger partial charge in [-0.3, -0.25) is 9.59 Å². The molecule has 3 aliphatic rings. The summed E-state index contributed by atoms with van der Waals surface area (Å²) in [6.07, 6.45) is 9.08. The summed E-state index contributed by atoms with van der Waals surface area (Å²) in [4.78, 5) is 40.0. The van der Waals surface area contributed by atoms with E-state index in [0.29, 0.717) is 18.9 Å². The van der Waals surface area contributed by atoms with Crippen LogP contribution in [0.1, 0.15) is 51.4 Å². The van der Waals surface area contributed by atoms with Crippen LogP contribution >= 0.6 is 11.3 Å². The van der Waals surface area contributed by atoms with E-state index in [2.05, 4.69) is 22.5 Å². The van der Waals surface area contributed by atoms with E-state index < -0.39 is 22.1 Å². The Kier molecular flexibility index (Phi) is 9.48. The van der Waals surface area contributed by atoms with Gasteiger partial charge in [0.05, 0.1) is 6.54 Å². The number of amides is 4. The minimum Gasteiger partial charge on any atom is -0.351 e. The van der Waals surface area contributed by atoms with Crippen LogP contribution < -0.4 is 16.0 Å². The van der Waals surface area contributed by atoms with E-state index in [0.717, 1.165) is 56.3 Å². The summed E-state index contributed by atoms with van der Waals surface area (Å²) in [5.41, 5.74) is 0. The molecule has 3 N–H and O–H groups in total. The zero-order chi connectivity index (χ0) is 27.3. The molecule has 210 valence electrons. The Hall–Kier alpha value is -2.44. The average Bonchev–Trinajstić information content (AvgIpc) is 3.30. The molecule has 4 amide bonds. The molecule has 1 aromatic rings. The minimum atomic E-state index is -3.65. The Labute approximate surface area is 229 Å². The molecule has 12 heteroatoms. The molecule has 2 unspecified atom stereocenters. The molecule has 4 rings (SSSR count). The molecule has 2 heterocycles. The maximum atomic E-state index is 13.0. The van der Waals surface area contributed by atoms with Gasteiger partial charge in [0.15, 0.2) is 0 Å². The molecule has 2 aliphatic carbocycles. The first-order valence-electron chi connectivity index (χ1n) is 13.5. The average molecular weight is 566 g/mol. The number of likely N-dealkylation sites (tertiary alicyclic amines) is 1. The van der Waals surface area contributed by atoms with Crippen molar-refractivity contribution in [1.82, 2.24) is 25.2 Å². The SMILES string of the molecule is C=CC1C[C@H]1NC(=O)[C@@H]1CCCN1C(=O)CNC(=O)NC(CN(C)S(=O)(=O)c1cccs1)C1CCCCC1. The first kappa shape index (κ1) is 28.6. The van der Waals surface area contributed by atoms with Crippen LogP contribution in [-0.4, -0.2) is 80.3 Å². The van der Waals surface area contributed by atoms with Gasteiger partial charge in [-0.25, -0.2) is 13.2 Å². The summed E-state index contributed by atoms with van der Waals surface area (Å²) in [6, 6.07) is 1.95. The van der Waals surface area contributed by atoms with Gasteiger partial charge in [-0.15, -0.1) is 17.9 Å². The van der Waals surface area contributed by atoms with Gasteiger partial charge in [0.1, 0.15) is 10.3 Å². The van der Waals surface area contributed by atoms with Gasteiger partial charge < -0.3 is 20.9 Å². The fourth-order valence-corrected chi connectivity index (χ4v) is 7.92. The Morgan fingerprint density at radius 1 is 1.21 bits per heavy atom. The van der Waals surface area contributed by atoms with Gasteiger partial charge in [0, 0.05) is 32.2 Å². The number of thiophene rings is 1. The van der Waals surface area contributed by atoms with Crippen molar-refractivity contribution < 1.29 is 22.8 Å². The summed E-state index contributed by atoms with van der Waals surface area (Å²) in [7, 11) is -2.12. The van der Waals surface area contributed by atoms with Crippen molar-refractivity contribution in [1.29, 1.82) is 0 Å². The topological polar surface area (TPSA) is 128 Å². The fraction of sp³-hybridized carbons (Fsp3) is 0.654. The standard InChI is InChI=1S/C26H39N5O5S2/c1-3-18-15-20(18)28-25(33)22-11-7-13-31(22)23(32)16-27-26(34)29-21(19-9-5-4-6-10-19)17-30(2)38(35,36)24-12-8-14-37-24/h3,8,12,14,18-22H,1,4-7,9-11,13,15-17H2,2H3,(H,28,33)(H2,27,29,34)/t18?,20-,21?,22+/m1/s1. The Morgan fingerprint density at radius 2 is 1.97 bits per heavy atom. The maximum Gasteiger partial charge on any atom is 0.315 e. The molecule has 0 bridgehead atoms. The molecule has 10 nitrogen and oxygen atoms in total. The molecular weight excluding hydrogens is 526 g/mol. The normalized spacial score (nSPS) is 24.6. The molecule has 1 aliphatic heterocycles. The molecule has 38 heavy (non-hydrogen) atoms. The quantitative estimate of drug-likeness (QED) is 0.355. The number of hydrogen-bond donors (Lipinski definition) is 3. The number of nitrogens with zero attached hydrogens (tertiary/aromatic N) is 2. The molecular formula is C26H39N5O5S2. The van der Waals surface area contributed by atoms with Crippen LogP contribution in [-0.2, 0) is 19.6 Å². The van der Waals surface area contributed by atoms with E-state index in [-0.39, 0.29) is 47.1 Å². The second-order valence-electron chi connectivity index (χ2n) is 10.5. The van der Waals surface area contributed by atoms with Gasteiger partial charge >= 0.3 is 6.03 Å². The molecule has 0 aromatic carbocycles. The molecule has 1 saturated heterocycles. The van der Waals surface area contributed by atoms with Crippen molar-refractivity contribution in [3.63, 3.8) is 0 Å². The fourth-order valence-electron chi connectivity index (χ4n) is 5.52. The monoisotopic (exact) mass is 565 g/mol. The van der Waals surface area contributed by atoms with E-state index >= 15 is 0 Å². The van der Waals surface area contributed by atoms with E-state index in [1.54, 1.807) is 22.4 Å². The molecule has 0 radical (unpaired) electrons. The van der Waals surface area contributed by atoms with Crippen molar-refractivity contribution in [2.45, 2.75) is 73.7 Å².